The van der Waals surface area contributed by atoms with E-state index in [0.717, 1.165) is 11.3 Å². The quantitative estimate of drug-likeness (QED) is 0.602. The minimum absolute atomic E-state index is 0.0358. The topological polar surface area (TPSA) is 83.8 Å². The predicted molar refractivity (Wildman–Crippen MR) is 90.8 cm³/mol. The number of hydrogen-bond acceptors (Lipinski definition) is 4. The number of aromatic nitrogens is 4. The fraction of sp³-hybridized carbons (Fsp3) is 0.0556. The van der Waals surface area contributed by atoms with Gasteiger partial charge in [-0.3, -0.25) is 4.79 Å². The van der Waals surface area contributed by atoms with E-state index in [2.05, 4.69) is 15.3 Å². The molecule has 0 saturated carbocycles. The molecule has 0 unspecified atom stereocenters. The van der Waals surface area contributed by atoms with E-state index < -0.39 is 0 Å². The third-order valence-corrected chi connectivity index (χ3v) is 3.96. The second-order valence-corrected chi connectivity index (χ2v) is 5.62. The van der Waals surface area contributed by atoms with E-state index in [9.17, 15) is 9.18 Å². The van der Waals surface area contributed by atoms with Crippen molar-refractivity contribution in [1.29, 1.82) is 0 Å². The van der Waals surface area contributed by atoms with Gasteiger partial charge in [-0.1, -0.05) is 17.3 Å². The SMILES string of the molecule is O=c1[nH]c2ccc(F)cc2cc1-c1cn(-c2ccc(CO)cc2)nn1. The van der Waals surface area contributed by atoms with E-state index in [1.54, 1.807) is 36.5 Å². The van der Waals surface area contributed by atoms with Crippen molar-refractivity contribution >= 4 is 10.9 Å². The third-order valence-electron chi connectivity index (χ3n) is 3.96. The van der Waals surface area contributed by atoms with Gasteiger partial charge in [0.05, 0.1) is 24.1 Å². The number of hydrogen-bond donors (Lipinski definition) is 2. The van der Waals surface area contributed by atoms with Crippen LogP contribution < -0.4 is 5.56 Å². The summed E-state index contributed by atoms with van der Waals surface area (Å²) in [6.45, 7) is -0.0358. The summed E-state index contributed by atoms with van der Waals surface area (Å²) in [7, 11) is 0. The molecule has 0 radical (unpaired) electrons. The Balaban J connectivity index is 1.77. The van der Waals surface area contributed by atoms with E-state index in [4.69, 9.17) is 5.11 Å². The van der Waals surface area contributed by atoms with E-state index in [1.165, 1.54) is 22.9 Å². The van der Waals surface area contributed by atoms with Crippen molar-refractivity contribution in [2.45, 2.75) is 6.61 Å². The molecule has 7 heteroatoms. The standard InChI is InChI=1S/C18H13FN4O2/c19-13-3-6-16-12(7-13)8-15(18(25)20-16)17-9-23(22-21-17)14-4-1-11(10-24)2-5-14/h1-9,24H,10H2,(H,20,25). The van der Waals surface area contributed by atoms with E-state index in [0.29, 0.717) is 22.2 Å². The Morgan fingerprint density at radius 3 is 2.68 bits per heavy atom. The molecule has 0 bridgehead atoms. The maximum absolute atomic E-state index is 13.4. The van der Waals surface area contributed by atoms with Crippen LogP contribution in [0.5, 0.6) is 0 Å². The van der Waals surface area contributed by atoms with Gasteiger partial charge in [-0.05, 0) is 42.0 Å². The Morgan fingerprint density at radius 1 is 1.12 bits per heavy atom. The average molecular weight is 336 g/mol. The van der Waals surface area contributed by atoms with E-state index in [-0.39, 0.29) is 18.0 Å². The summed E-state index contributed by atoms with van der Waals surface area (Å²) < 4.78 is 15.0. The second kappa shape index (κ2) is 5.95. The largest absolute Gasteiger partial charge is 0.392 e. The highest BCUT2D eigenvalue weighted by atomic mass is 19.1. The zero-order valence-corrected chi connectivity index (χ0v) is 13.0. The molecule has 2 aromatic carbocycles. The van der Waals surface area contributed by atoms with Gasteiger partial charge in [-0.2, -0.15) is 0 Å². The van der Waals surface area contributed by atoms with Crippen LogP contribution in [0.25, 0.3) is 27.8 Å². The van der Waals surface area contributed by atoms with Gasteiger partial charge in [-0.15, -0.1) is 5.10 Å². The van der Waals surface area contributed by atoms with Crippen LogP contribution in [0.3, 0.4) is 0 Å². The molecule has 2 aromatic heterocycles. The first-order chi connectivity index (χ1) is 12.1. The molecule has 2 N–H and O–H groups in total. The minimum Gasteiger partial charge on any atom is -0.392 e. The number of aliphatic hydroxyl groups excluding tert-OH is 1. The van der Waals surface area contributed by atoms with Gasteiger partial charge in [0, 0.05) is 10.9 Å². The summed E-state index contributed by atoms with van der Waals surface area (Å²) in [6.07, 6.45) is 1.63. The van der Waals surface area contributed by atoms with Crippen molar-refractivity contribution < 1.29 is 9.50 Å². The molecular weight excluding hydrogens is 323 g/mol. The molecule has 0 fully saturated rings. The van der Waals surface area contributed by atoms with Gasteiger partial charge in [0.25, 0.3) is 5.56 Å². The van der Waals surface area contributed by atoms with Gasteiger partial charge >= 0.3 is 0 Å². The van der Waals surface area contributed by atoms with Crippen molar-refractivity contribution in [1.82, 2.24) is 20.0 Å². The number of H-pyrrole nitrogens is 1. The molecule has 0 spiro atoms. The van der Waals surface area contributed by atoms with Crippen LogP contribution in [-0.4, -0.2) is 25.1 Å². The van der Waals surface area contributed by atoms with E-state index in [1.807, 2.05) is 0 Å². The van der Waals surface area contributed by atoms with Crippen LogP contribution in [0.4, 0.5) is 4.39 Å². The fourth-order valence-electron chi connectivity index (χ4n) is 2.64. The van der Waals surface area contributed by atoms with Crippen LogP contribution in [-0.2, 0) is 6.61 Å². The molecule has 0 aliphatic carbocycles. The van der Waals surface area contributed by atoms with Crippen LogP contribution in [0.2, 0.25) is 0 Å². The minimum atomic E-state index is -0.377. The molecule has 0 saturated heterocycles. The van der Waals surface area contributed by atoms with Gasteiger partial charge in [0.15, 0.2) is 0 Å². The summed E-state index contributed by atoms with van der Waals surface area (Å²) in [4.78, 5) is 15.0. The monoisotopic (exact) mass is 336 g/mol. The number of nitrogens with one attached hydrogen (secondary N) is 1. The highest BCUT2D eigenvalue weighted by molar-refractivity contribution is 5.82. The number of pyridine rings is 1. The van der Waals surface area contributed by atoms with Gasteiger partial charge in [0.2, 0.25) is 0 Å². The zero-order chi connectivity index (χ0) is 17.4. The predicted octanol–water partition coefficient (Wildman–Crippen LogP) is 2.41. The molecule has 4 rings (SSSR count). The van der Waals surface area contributed by atoms with Crippen molar-refractivity contribution in [3.05, 3.63) is 76.5 Å². The normalized spacial score (nSPS) is 11.1. The molecule has 4 aromatic rings. The second-order valence-electron chi connectivity index (χ2n) is 5.62. The molecule has 6 nitrogen and oxygen atoms in total. The number of rotatable bonds is 3. The molecular formula is C18H13FN4O2. The van der Waals surface area contributed by atoms with Crippen molar-refractivity contribution in [2.75, 3.05) is 0 Å². The number of benzene rings is 2. The van der Waals surface area contributed by atoms with Gasteiger partial charge in [0.1, 0.15) is 11.5 Å². The first kappa shape index (κ1) is 15.2. The third kappa shape index (κ3) is 2.81. The number of aliphatic hydroxyl groups is 1. The summed E-state index contributed by atoms with van der Waals surface area (Å²) in [5, 5.41) is 17.7. The Kier molecular flexibility index (Phi) is 3.62. The van der Waals surface area contributed by atoms with E-state index >= 15 is 0 Å². The van der Waals surface area contributed by atoms with Crippen LogP contribution in [0.1, 0.15) is 5.56 Å². The Labute approximate surface area is 141 Å². The lowest BCUT2D eigenvalue weighted by Gasteiger charge is -2.02. The lowest BCUT2D eigenvalue weighted by atomic mass is 10.1. The smallest absolute Gasteiger partial charge is 0.258 e. The highest BCUT2D eigenvalue weighted by Crippen LogP contribution is 2.19. The fourth-order valence-corrected chi connectivity index (χ4v) is 2.64. The summed E-state index contributed by atoms with van der Waals surface area (Å²) in [6, 6.07) is 12.9. The number of halogens is 1. The average Bonchev–Trinajstić information content (AvgIpc) is 3.11. The maximum atomic E-state index is 13.4. The summed E-state index contributed by atoms with van der Waals surface area (Å²) in [5.41, 5.74) is 2.48. The first-order valence-corrected chi connectivity index (χ1v) is 7.59. The maximum Gasteiger partial charge on any atom is 0.258 e. The number of fused-ring (bicyclic) bond motifs is 1. The molecule has 2 heterocycles. The molecule has 25 heavy (non-hydrogen) atoms. The van der Waals surface area contributed by atoms with Crippen LogP contribution in [0.15, 0.2) is 59.5 Å². The first-order valence-electron chi connectivity index (χ1n) is 7.59. The molecule has 0 aliphatic rings. The van der Waals surface area contributed by atoms with Crippen LogP contribution >= 0.6 is 0 Å². The Hall–Kier alpha value is -3.32. The zero-order valence-electron chi connectivity index (χ0n) is 13.0. The molecule has 0 amide bonds. The summed E-state index contributed by atoms with van der Waals surface area (Å²) >= 11 is 0. The lowest BCUT2D eigenvalue weighted by molar-refractivity contribution is 0.282. The molecule has 0 atom stereocenters. The van der Waals surface area contributed by atoms with Crippen molar-refractivity contribution in [3.63, 3.8) is 0 Å². The Morgan fingerprint density at radius 2 is 1.92 bits per heavy atom. The van der Waals surface area contributed by atoms with Gasteiger partial charge < -0.3 is 10.1 Å². The number of nitrogens with zero attached hydrogens (tertiary/aromatic N) is 3. The number of aromatic amines is 1. The Bertz CT molecular complexity index is 1120. The highest BCUT2D eigenvalue weighted by Gasteiger charge is 2.11. The van der Waals surface area contributed by atoms with Crippen LogP contribution in [0, 0.1) is 5.82 Å². The molecule has 0 aliphatic heterocycles. The molecule has 124 valence electrons. The summed E-state index contributed by atoms with van der Waals surface area (Å²) in [5.74, 6) is -0.377. The van der Waals surface area contributed by atoms with Gasteiger partial charge in [-0.25, -0.2) is 9.07 Å². The van der Waals surface area contributed by atoms with Crippen molar-refractivity contribution in [3.8, 4) is 16.9 Å². The van der Waals surface area contributed by atoms with Crippen molar-refractivity contribution in [2.24, 2.45) is 0 Å². The lowest BCUT2D eigenvalue weighted by Crippen LogP contribution is -2.08.